The predicted molar refractivity (Wildman–Crippen MR) is 118 cm³/mol. The lowest BCUT2D eigenvalue weighted by Crippen LogP contribution is -2.30. The number of ether oxygens (including phenoxy) is 1. The van der Waals surface area contributed by atoms with Gasteiger partial charge in [-0.1, -0.05) is 13.8 Å². The Kier molecular flexibility index (Phi) is 7.84. The van der Waals surface area contributed by atoms with Gasteiger partial charge in [0.2, 0.25) is 5.91 Å². The number of rotatable bonds is 10. The highest BCUT2D eigenvalue weighted by Crippen LogP contribution is 2.31. The first-order valence-electron chi connectivity index (χ1n) is 11.1. The van der Waals surface area contributed by atoms with Gasteiger partial charge in [0, 0.05) is 56.4 Å². The summed E-state index contributed by atoms with van der Waals surface area (Å²) in [5, 5.41) is 21.0. The number of aromatic nitrogens is 3. The fourth-order valence-corrected chi connectivity index (χ4v) is 4.05. The Morgan fingerprint density at radius 1 is 1.29 bits per heavy atom. The Morgan fingerprint density at radius 3 is 2.68 bits per heavy atom. The van der Waals surface area contributed by atoms with Crippen LogP contribution in [0.3, 0.4) is 0 Å². The lowest BCUT2D eigenvalue weighted by atomic mass is 10.0. The van der Waals surface area contributed by atoms with E-state index >= 15 is 0 Å². The normalized spacial score (nSPS) is 15.7. The predicted octanol–water partition coefficient (Wildman–Crippen LogP) is 2.72. The van der Waals surface area contributed by atoms with Crippen LogP contribution >= 0.6 is 0 Å². The maximum absolute atomic E-state index is 12.4. The summed E-state index contributed by atoms with van der Waals surface area (Å²) in [6.07, 6.45) is 4.58. The van der Waals surface area contributed by atoms with E-state index in [9.17, 15) is 9.59 Å². The second-order valence-corrected chi connectivity index (χ2v) is 8.18. The molecule has 9 heteroatoms. The number of carbonyl (C=O) groups is 2. The largest absolute Gasteiger partial charge is 0.481 e. The first kappa shape index (κ1) is 23.0. The molecule has 1 amide bonds. The zero-order chi connectivity index (χ0) is 22.4. The number of aryl methyl sites for hydroxylation is 2. The van der Waals surface area contributed by atoms with Crippen LogP contribution in [0.2, 0.25) is 0 Å². The van der Waals surface area contributed by atoms with Crippen molar-refractivity contribution >= 4 is 28.6 Å². The van der Waals surface area contributed by atoms with E-state index < -0.39 is 5.97 Å². The molecular weight excluding hydrogens is 398 g/mol. The fraction of sp³-hybridized carbons (Fsp3) is 0.636. The Labute approximate surface area is 182 Å². The number of aliphatic carboxylic acids is 1. The highest BCUT2D eigenvalue weighted by atomic mass is 16.5. The smallest absolute Gasteiger partial charge is 0.303 e. The number of anilines is 1. The molecule has 31 heavy (non-hydrogen) atoms. The minimum Gasteiger partial charge on any atom is -0.481 e. The van der Waals surface area contributed by atoms with Crippen LogP contribution in [0.4, 0.5) is 5.69 Å². The molecule has 1 atom stereocenters. The van der Waals surface area contributed by atoms with Gasteiger partial charge in [-0.2, -0.15) is 5.10 Å². The molecule has 3 N–H and O–H groups in total. The van der Waals surface area contributed by atoms with Crippen molar-refractivity contribution in [1.29, 1.82) is 0 Å². The van der Waals surface area contributed by atoms with Gasteiger partial charge in [-0.15, -0.1) is 0 Å². The van der Waals surface area contributed by atoms with E-state index in [1.54, 1.807) is 6.92 Å². The van der Waals surface area contributed by atoms with Crippen LogP contribution in [0.25, 0.3) is 11.0 Å². The SMILES string of the molecule is CCc1nc2c(cnn2CC)c(NC2CCOCC2)c1CNC(=O)CC(C)CC(=O)O. The zero-order valence-electron chi connectivity index (χ0n) is 18.6. The minimum absolute atomic E-state index is 0.0199. The first-order valence-corrected chi connectivity index (χ1v) is 11.1. The van der Waals surface area contributed by atoms with Gasteiger partial charge in [-0.3, -0.25) is 9.59 Å². The Bertz CT molecular complexity index is 920. The van der Waals surface area contributed by atoms with Crippen molar-refractivity contribution in [2.45, 2.75) is 72.0 Å². The van der Waals surface area contributed by atoms with Gasteiger partial charge in [0.25, 0.3) is 0 Å². The number of carbonyl (C=O) groups excluding carboxylic acids is 1. The third kappa shape index (κ3) is 5.72. The molecule has 1 unspecified atom stereocenters. The number of amides is 1. The Hall–Kier alpha value is -2.68. The van der Waals surface area contributed by atoms with Crippen molar-refractivity contribution in [2.75, 3.05) is 18.5 Å². The average molecular weight is 432 g/mol. The summed E-state index contributed by atoms with van der Waals surface area (Å²) in [6, 6.07) is 0.291. The summed E-state index contributed by atoms with van der Waals surface area (Å²) in [7, 11) is 0. The third-order valence-electron chi connectivity index (χ3n) is 5.70. The van der Waals surface area contributed by atoms with Crippen molar-refractivity contribution in [3.63, 3.8) is 0 Å². The van der Waals surface area contributed by atoms with Crippen molar-refractivity contribution in [1.82, 2.24) is 20.1 Å². The molecule has 3 rings (SSSR count). The van der Waals surface area contributed by atoms with Crippen molar-refractivity contribution < 1.29 is 19.4 Å². The monoisotopic (exact) mass is 431 g/mol. The lowest BCUT2D eigenvalue weighted by molar-refractivity contribution is -0.138. The van der Waals surface area contributed by atoms with E-state index in [4.69, 9.17) is 14.8 Å². The molecule has 1 saturated heterocycles. The summed E-state index contributed by atoms with van der Waals surface area (Å²) >= 11 is 0. The number of hydrogen-bond acceptors (Lipinski definition) is 6. The maximum atomic E-state index is 12.4. The Morgan fingerprint density at radius 2 is 2.03 bits per heavy atom. The molecule has 1 aliphatic rings. The summed E-state index contributed by atoms with van der Waals surface area (Å²) in [5.41, 5.74) is 3.72. The van der Waals surface area contributed by atoms with Crippen LogP contribution in [0.1, 0.15) is 57.7 Å². The van der Waals surface area contributed by atoms with E-state index in [-0.39, 0.29) is 24.7 Å². The molecule has 1 aliphatic heterocycles. The van der Waals surface area contributed by atoms with Crippen LogP contribution in [-0.4, -0.2) is 51.0 Å². The molecule has 3 heterocycles. The second-order valence-electron chi connectivity index (χ2n) is 8.18. The lowest BCUT2D eigenvalue weighted by Gasteiger charge is -2.26. The van der Waals surface area contributed by atoms with E-state index in [1.165, 1.54) is 0 Å². The highest BCUT2D eigenvalue weighted by molar-refractivity contribution is 5.92. The number of hydrogen-bond donors (Lipinski definition) is 3. The molecule has 0 radical (unpaired) electrons. The van der Waals surface area contributed by atoms with E-state index in [0.29, 0.717) is 12.6 Å². The van der Waals surface area contributed by atoms with E-state index in [2.05, 4.69) is 22.7 Å². The van der Waals surface area contributed by atoms with Gasteiger partial charge in [0.1, 0.15) is 0 Å². The molecule has 2 aromatic rings. The summed E-state index contributed by atoms with van der Waals surface area (Å²) in [5.74, 6) is -1.26. The molecule has 9 nitrogen and oxygen atoms in total. The van der Waals surface area contributed by atoms with Gasteiger partial charge in [0.05, 0.1) is 17.3 Å². The number of pyridine rings is 1. The van der Waals surface area contributed by atoms with Gasteiger partial charge >= 0.3 is 5.97 Å². The Balaban J connectivity index is 1.87. The van der Waals surface area contributed by atoms with Crippen molar-refractivity contribution in [3.05, 3.63) is 17.5 Å². The first-order chi connectivity index (χ1) is 14.9. The van der Waals surface area contributed by atoms with Gasteiger partial charge in [0.15, 0.2) is 5.65 Å². The standard InChI is InChI=1S/C22H33N5O4/c1-4-18-16(12-23-19(28)10-14(3)11-20(29)30)21(25-15-6-8-31-9-7-15)17-13-24-27(5-2)22(17)26-18/h13-15H,4-12H2,1-3H3,(H,23,28)(H,25,26)(H,29,30). The maximum Gasteiger partial charge on any atom is 0.303 e. The third-order valence-corrected chi connectivity index (χ3v) is 5.70. The quantitative estimate of drug-likeness (QED) is 0.529. The topological polar surface area (TPSA) is 118 Å². The van der Waals surface area contributed by atoms with E-state index in [0.717, 1.165) is 67.0 Å². The molecule has 0 aliphatic carbocycles. The molecule has 0 saturated carbocycles. The number of fused-ring (bicyclic) bond motifs is 1. The molecule has 0 spiro atoms. The van der Waals surface area contributed by atoms with Crippen LogP contribution in [0, 0.1) is 5.92 Å². The van der Waals surface area contributed by atoms with Gasteiger partial charge < -0.3 is 20.5 Å². The molecule has 170 valence electrons. The summed E-state index contributed by atoms with van der Waals surface area (Å²) in [6.45, 7) is 8.40. The van der Waals surface area contributed by atoms with Crippen LogP contribution in [-0.2, 0) is 33.8 Å². The van der Waals surface area contributed by atoms with Crippen LogP contribution in [0.15, 0.2) is 6.20 Å². The number of nitrogens with one attached hydrogen (secondary N) is 2. The number of nitrogens with zero attached hydrogens (tertiary/aromatic N) is 3. The highest BCUT2D eigenvalue weighted by Gasteiger charge is 2.22. The summed E-state index contributed by atoms with van der Waals surface area (Å²) < 4.78 is 7.39. The zero-order valence-corrected chi connectivity index (χ0v) is 18.6. The van der Waals surface area contributed by atoms with Gasteiger partial charge in [-0.25, -0.2) is 9.67 Å². The van der Waals surface area contributed by atoms with Crippen molar-refractivity contribution in [3.8, 4) is 0 Å². The summed E-state index contributed by atoms with van der Waals surface area (Å²) in [4.78, 5) is 28.2. The molecule has 0 bridgehead atoms. The van der Waals surface area contributed by atoms with E-state index in [1.807, 2.05) is 17.8 Å². The van der Waals surface area contributed by atoms with Gasteiger partial charge in [-0.05, 0) is 32.1 Å². The second kappa shape index (κ2) is 10.6. The number of carboxylic acids is 1. The molecular formula is C22H33N5O4. The average Bonchev–Trinajstić information content (AvgIpc) is 3.15. The molecule has 2 aromatic heterocycles. The minimum atomic E-state index is -0.890. The number of carboxylic acid groups (broad SMARTS) is 1. The van der Waals surface area contributed by atoms with Crippen LogP contribution in [0.5, 0.6) is 0 Å². The molecule has 0 aromatic carbocycles. The fourth-order valence-electron chi connectivity index (χ4n) is 4.05. The molecule has 1 fully saturated rings. The van der Waals surface area contributed by atoms with Crippen LogP contribution < -0.4 is 10.6 Å². The van der Waals surface area contributed by atoms with Crippen molar-refractivity contribution in [2.24, 2.45) is 5.92 Å².